The Kier molecular flexibility index (Phi) is 2.46. The molecule has 0 amide bonds. The Balaban J connectivity index is 2.18. The number of rotatable bonds is 1. The van der Waals surface area contributed by atoms with Crippen molar-refractivity contribution in [3.63, 3.8) is 0 Å². The minimum absolute atomic E-state index is 0.815. The molecule has 3 aromatic rings. The summed E-state index contributed by atoms with van der Waals surface area (Å²) >= 11 is 4.87. The summed E-state index contributed by atoms with van der Waals surface area (Å²) in [4.78, 5) is 0. The van der Waals surface area contributed by atoms with E-state index in [2.05, 4.69) is 56.5 Å². The summed E-state index contributed by atoms with van der Waals surface area (Å²) in [5.74, 6) is 0. The first-order valence-corrected chi connectivity index (χ1v) is 6.42. The molecule has 0 radical (unpaired) electrons. The molecule has 0 N–H and O–H groups in total. The Labute approximate surface area is 105 Å². The van der Waals surface area contributed by atoms with E-state index in [1.165, 1.54) is 10.8 Å². The van der Waals surface area contributed by atoms with E-state index in [4.69, 9.17) is 0 Å². The molecule has 2 nitrogen and oxygen atoms in total. The zero-order chi connectivity index (χ0) is 11.0. The molecule has 1 heterocycles. The molecular formula is C12H7BrN2S. The molecule has 2 aromatic carbocycles. The van der Waals surface area contributed by atoms with Crippen LogP contribution < -0.4 is 0 Å². The van der Waals surface area contributed by atoms with Crippen LogP contribution in [0.15, 0.2) is 46.4 Å². The molecule has 16 heavy (non-hydrogen) atoms. The Morgan fingerprint density at radius 2 is 1.75 bits per heavy atom. The van der Waals surface area contributed by atoms with Gasteiger partial charge >= 0.3 is 0 Å². The lowest BCUT2D eigenvalue weighted by molar-refractivity contribution is 1.08. The van der Waals surface area contributed by atoms with Crippen molar-refractivity contribution in [1.82, 2.24) is 10.2 Å². The maximum Gasteiger partial charge on any atom is 0.183 e. The maximum atomic E-state index is 4.11. The van der Waals surface area contributed by atoms with Gasteiger partial charge in [-0.1, -0.05) is 47.7 Å². The fourth-order valence-electron chi connectivity index (χ4n) is 1.64. The van der Waals surface area contributed by atoms with Crippen molar-refractivity contribution in [2.75, 3.05) is 0 Å². The monoisotopic (exact) mass is 290 g/mol. The van der Waals surface area contributed by atoms with Crippen LogP contribution in [0.5, 0.6) is 0 Å². The Bertz CT molecular complexity index is 648. The lowest BCUT2D eigenvalue weighted by Crippen LogP contribution is -1.78. The Morgan fingerprint density at radius 3 is 2.50 bits per heavy atom. The van der Waals surface area contributed by atoms with Gasteiger partial charge in [0.1, 0.15) is 5.01 Å². The zero-order valence-corrected chi connectivity index (χ0v) is 10.6. The molecule has 3 rings (SSSR count). The highest BCUT2D eigenvalue weighted by Crippen LogP contribution is 2.28. The minimum Gasteiger partial charge on any atom is -0.137 e. The summed E-state index contributed by atoms with van der Waals surface area (Å²) in [6.45, 7) is 0. The van der Waals surface area contributed by atoms with Crippen LogP contribution in [-0.2, 0) is 0 Å². The molecule has 0 bridgehead atoms. The normalized spacial score (nSPS) is 10.8. The first-order valence-electron chi connectivity index (χ1n) is 4.81. The van der Waals surface area contributed by atoms with Gasteiger partial charge in [0.15, 0.2) is 3.92 Å². The van der Waals surface area contributed by atoms with Gasteiger partial charge in [0.05, 0.1) is 0 Å². The van der Waals surface area contributed by atoms with Crippen molar-refractivity contribution in [2.45, 2.75) is 0 Å². The van der Waals surface area contributed by atoms with Gasteiger partial charge in [-0.05, 0) is 32.8 Å². The number of benzene rings is 2. The lowest BCUT2D eigenvalue weighted by Gasteiger charge is -1.99. The number of hydrogen-bond acceptors (Lipinski definition) is 3. The number of aromatic nitrogens is 2. The molecule has 0 spiro atoms. The average Bonchev–Trinajstić information content (AvgIpc) is 2.75. The second-order valence-corrected chi connectivity index (χ2v) is 5.68. The van der Waals surface area contributed by atoms with Crippen molar-refractivity contribution in [1.29, 1.82) is 0 Å². The summed E-state index contributed by atoms with van der Waals surface area (Å²) < 4.78 is 0.815. The Morgan fingerprint density at radius 1 is 0.938 bits per heavy atom. The first-order chi connectivity index (χ1) is 7.83. The summed E-state index contributed by atoms with van der Waals surface area (Å²) in [6.07, 6.45) is 0. The van der Waals surface area contributed by atoms with Crippen molar-refractivity contribution in [3.05, 3.63) is 46.4 Å². The van der Waals surface area contributed by atoms with Crippen LogP contribution in [0.25, 0.3) is 21.3 Å². The second-order valence-electron chi connectivity index (χ2n) is 3.42. The summed E-state index contributed by atoms with van der Waals surface area (Å²) in [5.41, 5.74) is 1.11. The minimum atomic E-state index is 0.815. The van der Waals surface area contributed by atoms with Crippen LogP contribution in [0.3, 0.4) is 0 Å². The lowest BCUT2D eigenvalue weighted by atomic mass is 10.1. The van der Waals surface area contributed by atoms with Gasteiger partial charge in [-0.3, -0.25) is 0 Å². The second kappa shape index (κ2) is 3.96. The van der Waals surface area contributed by atoms with Crippen molar-refractivity contribution in [3.8, 4) is 10.6 Å². The molecular weight excluding hydrogens is 284 g/mol. The van der Waals surface area contributed by atoms with Crippen LogP contribution >= 0.6 is 27.3 Å². The van der Waals surface area contributed by atoms with Gasteiger partial charge in [-0.2, -0.15) is 0 Å². The third-order valence-electron chi connectivity index (χ3n) is 2.40. The van der Waals surface area contributed by atoms with E-state index in [-0.39, 0.29) is 0 Å². The molecule has 0 aliphatic heterocycles. The molecule has 78 valence electrons. The number of nitrogens with zero attached hydrogens (tertiary/aromatic N) is 2. The van der Waals surface area contributed by atoms with Crippen LogP contribution in [0.1, 0.15) is 0 Å². The molecule has 0 aliphatic rings. The molecule has 0 aliphatic carbocycles. The summed E-state index contributed by atoms with van der Waals surface area (Å²) in [7, 11) is 0. The predicted molar refractivity (Wildman–Crippen MR) is 70.6 cm³/mol. The highest BCUT2D eigenvalue weighted by atomic mass is 79.9. The molecule has 4 heteroatoms. The van der Waals surface area contributed by atoms with E-state index in [0.717, 1.165) is 14.5 Å². The highest BCUT2D eigenvalue weighted by molar-refractivity contribution is 9.11. The topological polar surface area (TPSA) is 25.8 Å². The SMILES string of the molecule is Brc1nnc(-c2ccc3ccccc3c2)s1. The van der Waals surface area contributed by atoms with Crippen molar-refractivity contribution < 1.29 is 0 Å². The van der Waals surface area contributed by atoms with E-state index in [1.54, 1.807) is 11.3 Å². The van der Waals surface area contributed by atoms with E-state index in [0.29, 0.717) is 0 Å². The first kappa shape index (κ1) is 9.93. The zero-order valence-electron chi connectivity index (χ0n) is 8.22. The van der Waals surface area contributed by atoms with Gasteiger partial charge in [-0.15, -0.1) is 10.2 Å². The third kappa shape index (κ3) is 1.74. The van der Waals surface area contributed by atoms with Gasteiger partial charge < -0.3 is 0 Å². The van der Waals surface area contributed by atoms with E-state index in [1.807, 2.05) is 12.1 Å². The molecule has 0 saturated carbocycles. The fraction of sp³-hybridized carbons (Fsp3) is 0. The van der Waals surface area contributed by atoms with Crippen molar-refractivity contribution >= 4 is 38.0 Å². The van der Waals surface area contributed by atoms with Crippen molar-refractivity contribution in [2.24, 2.45) is 0 Å². The molecule has 0 unspecified atom stereocenters. The average molecular weight is 291 g/mol. The molecule has 1 aromatic heterocycles. The summed E-state index contributed by atoms with van der Waals surface area (Å²) in [5, 5.41) is 11.5. The fourth-order valence-corrected chi connectivity index (χ4v) is 2.75. The predicted octanol–water partition coefficient (Wildman–Crippen LogP) is 4.12. The highest BCUT2D eigenvalue weighted by Gasteiger charge is 2.04. The van der Waals surface area contributed by atoms with E-state index >= 15 is 0 Å². The van der Waals surface area contributed by atoms with Crippen LogP contribution in [0, 0.1) is 0 Å². The van der Waals surface area contributed by atoms with Gasteiger partial charge in [0.2, 0.25) is 0 Å². The van der Waals surface area contributed by atoms with Gasteiger partial charge in [0.25, 0.3) is 0 Å². The molecule has 0 fully saturated rings. The van der Waals surface area contributed by atoms with Crippen LogP contribution in [-0.4, -0.2) is 10.2 Å². The standard InChI is InChI=1S/C12H7BrN2S/c13-12-15-14-11(16-12)10-6-5-8-3-1-2-4-9(8)7-10/h1-7H. The van der Waals surface area contributed by atoms with Crippen LogP contribution in [0.2, 0.25) is 0 Å². The van der Waals surface area contributed by atoms with E-state index < -0.39 is 0 Å². The smallest absolute Gasteiger partial charge is 0.137 e. The van der Waals surface area contributed by atoms with Gasteiger partial charge in [-0.25, -0.2) is 0 Å². The number of halogens is 1. The van der Waals surface area contributed by atoms with E-state index in [9.17, 15) is 0 Å². The molecule has 0 saturated heterocycles. The number of hydrogen-bond donors (Lipinski definition) is 0. The maximum absolute atomic E-state index is 4.11. The Hall–Kier alpha value is -1.26. The molecule has 0 atom stereocenters. The largest absolute Gasteiger partial charge is 0.183 e. The van der Waals surface area contributed by atoms with Crippen LogP contribution in [0.4, 0.5) is 0 Å². The number of fused-ring (bicyclic) bond motifs is 1. The third-order valence-corrected chi connectivity index (χ3v) is 3.80. The summed E-state index contributed by atoms with van der Waals surface area (Å²) in [6, 6.07) is 14.6. The van der Waals surface area contributed by atoms with Gasteiger partial charge in [0, 0.05) is 5.56 Å². The quantitative estimate of drug-likeness (QED) is 0.674.